The zero-order chi connectivity index (χ0) is 13.6. The first-order valence-electron chi connectivity index (χ1n) is 5.47. The normalized spacial score (nSPS) is 11.9. The molecule has 1 aromatic rings. The van der Waals surface area contributed by atoms with Crippen LogP contribution in [0.4, 0.5) is 18.9 Å². The Kier molecular flexibility index (Phi) is 5.36. The van der Waals surface area contributed by atoms with E-state index in [-0.39, 0.29) is 19.7 Å². The minimum atomic E-state index is -4.28. The van der Waals surface area contributed by atoms with Crippen LogP contribution in [0.25, 0.3) is 0 Å². The quantitative estimate of drug-likeness (QED) is 0.816. The Morgan fingerprint density at radius 1 is 1.44 bits per heavy atom. The summed E-state index contributed by atoms with van der Waals surface area (Å²) in [6, 6.07) is 3.41. The van der Waals surface area contributed by atoms with Gasteiger partial charge in [0.15, 0.2) is 0 Å². The van der Waals surface area contributed by atoms with Crippen LogP contribution in [0, 0.1) is 0 Å². The van der Waals surface area contributed by atoms with Gasteiger partial charge >= 0.3 is 6.18 Å². The number of halogens is 3. The molecule has 7 heteroatoms. The highest BCUT2D eigenvalue weighted by atomic mass is 19.4. The van der Waals surface area contributed by atoms with E-state index in [1.807, 2.05) is 0 Å². The minimum Gasteiger partial charge on any atom is -0.395 e. The molecule has 1 heterocycles. The zero-order valence-corrected chi connectivity index (χ0v) is 10.0. The lowest BCUT2D eigenvalue weighted by atomic mass is 10.3. The third-order valence-electron chi connectivity index (χ3n) is 2.31. The van der Waals surface area contributed by atoms with Crippen molar-refractivity contribution in [1.29, 1.82) is 0 Å². The van der Waals surface area contributed by atoms with Crippen LogP contribution >= 0.6 is 0 Å². The fourth-order valence-corrected chi connectivity index (χ4v) is 1.56. The Hall–Kier alpha value is -1.34. The average Bonchev–Trinajstić information content (AvgIpc) is 2.27. The molecule has 0 atom stereocenters. The molecule has 2 N–H and O–H groups in total. The lowest BCUT2D eigenvalue weighted by molar-refractivity contribution is -0.148. The topological polar surface area (TPSA) is 48.4 Å². The Balaban J connectivity index is 2.69. The molecule has 0 bridgehead atoms. The van der Waals surface area contributed by atoms with Crippen molar-refractivity contribution in [3.8, 4) is 0 Å². The minimum absolute atomic E-state index is 0.0367. The molecule has 1 rings (SSSR count). The molecule has 102 valence electrons. The molecule has 0 fully saturated rings. The molecule has 4 nitrogen and oxygen atoms in total. The fraction of sp³-hybridized carbons (Fsp3) is 0.545. The van der Waals surface area contributed by atoms with Crippen LogP contribution < -0.4 is 5.32 Å². The SMILES string of the molecule is CNc1ccnc(CN(CCO)CC(F)(F)F)c1. The van der Waals surface area contributed by atoms with Crippen LogP contribution in [0.2, 0.25) is 0 Å². The van der Waals surface area contributed by atoms with Gasteiger partial charge in [0.25, 0.3) is 0 Å². The van der Waals surface area contributed by atoms with Crippen molar-refractivity contribution >= 4 is 5.69 Å². The molecule has 0 saturated carbocycles. The number of nitrogens with zero attached hydrogens (tertiary/aromatic N) is 2. The second-order valence-corrected chi connectivity index (χ2v) is 3.84. The summed E-state index contributed by atoms with van der Waals surface area (Å²) in [6.07, 6.45) is -2.75. The second kappa shape index (κ2) is 6.55. The molecule has 0 saturated heterocycles. The summed E-state index contributed by atoms with van der Waals surface area (Å²) in [5, 5.41) is 11.7. The van der Waals surface area contributed by atoms with E-state index in [1.165, 1.54) is 6.20 Å². The van der Waals surface area contributed by atoms with Gasteiger partial charge in [-0.2, -0.15) is 13.2 Å². The van der Waals surface area contributed by atoms with Crippen LogP contribution in [-0.2, 0) is 6.54 Å². The number of pyridine rings is 1. The first-order valence-corrected chi connectivity index (χ1v) is 5.47. The van der Waals surface area contributed by atoms with Gasteiger partial charge in [-0.15, -0.1) is 0 Å². The maximum Gasteiger partial charge on any atom is 0.401 e. The van der Waals surface area contributed by atoms with Crippen molar-refractivity contribution < 1.29 is 18.3 Å². The number of aliphatic hydroxyl groups excluding tert-OH is 1. The maximum atomic E-state index is 12.3. The van der Waals surface area contributed by atoms with E-state index in [0.29, 0.717) is 5.69 Å². The van der Waals surface area contributed by atoms with Crippen molar-refractivity contribution in [3.63, 3.8) is 0 Å². The number of anilines is 1. The monoisotopic (exact) mass is 263 g/mol. The summed E-state index contributed by atoms with van der Waals surface area (Å²) in [5.41, 5.74) is 1.32. The summed E-state index contributed by atoms with van der Waals surface area (Å²) in [6.45, 7) is -1.36. The highest BCUT2D eigenvalue weighted by molar-refractivity contribution is 5.42. The molecule has 0 aliphatic heterocycles. The number of alkyl halides is 3. The largest absolute Gasteiger partial charge is 0.401 e. The average molecular weight is 263 g/mol. The molecule has 0 spiro atoms. The Labute approximate surface area is 103 Å². The van der Waals surface area contributed by atoms with Gasteiger partial charge in [0.1, 0.15) is 0 Å². The maximum absolute atomic E-state index is 12.3. The molecular formula is C11H16F3N3O. The molecule has 18 heavy (non-hydrogen) atoms. The molecule has 0 aliphatic carbocycles. The molecule has 0 aromatic carbocycles. The number of aliphatic hydroxyl groups is 1. The number of aromatic nitrogens is 1. The summed E-state index contributed by atoms with van der Waals surface area (Å²) >= 11 is 0. The van der Waals surface area contributed by atoms with Crippen LogP contribution in [0.3, 0.4) is 0 Å². The van der Waals surface area contributed by atoms with Crippen molar-refractivity contribution in [1.82, 2.24) is 9.88 Å². The summed E-state index contributed by atoms with van der Waals surface area (Å²) in [7, 11) is 1.72. The lowest BCUT2D eigenvalue weighted by Crippen LogP contribution is -2.36. The van der Waals surface area contributed by atoms with Crippen LogP contribution in [0.5, 0.6) is 0 Å². The first-order chi connectivity index (χ1) is 8.44. The van der Waals surface area contributed by atoms with E-state index >= 15 is 0 Å². The van der Waals surface area contributed by atoms with Gasteiger partial charge in [0, 0.05) is 32.0 Å². The zero-order valence-electron chi connectivity index (χ0n) is 10.0. The van der Waals surface area contributed by atoms with E-state index < -0.39 is 12.7 Å². The third kappa shape index (κ3) is 5.33. The van der Waals surface area contributed by atoms with Gasteiger partial charge in [0.05, 0.1) is 18.8 Å². The van der Waals surface area contributed by atoms with Gasteiger partial charge < -0.3 is 10.4 Å². The number of nitrogens with one attached hydrogen (secondary N) is 1. The highest BCUT2D eigenvalue weighted by Crippen LogP contribution is 2.18. The molecular weight excluding hydrogens is 247 g/mol. The van der Waals surface area contributed by atoms with Crippen LogP contribution in [0.1, 0.15) is 5.69 Å². The predicted octanol–water partition coefficient (Wildman–Crippen LogP) is 1.48. The molecule has 0 amide bonds. The second-order valence-electron chi connectivity index (χ2n) is 3.84. The van der Waals surface area contributed by atoms with E-state index in [1.54, 1.807) is 19.2 Å². The third-order valence-corrected chi connectivity index (χ3v) is 2.31. The van der Waals surface area contributed by atoms with Crippen molar-refractivity contribution in [2.45, 2.75) is 12.7 Å². The molecule has 0 radical (unpaired) electrons. The Morgan fingerprint density at radius 3 is 2.72 bits per heavy atom. The highest BCUT2D eigenvalue weighted by Gasteiger charge is 2.30. The summed E-state index contributed by atoms with van der Waals surface area (Å²) in [5.74, 6) is 0. The van der Waals surface area contributed by atoms with E-state index in [9.17, 15) is 13.2 Å². The van der Waals surface area contributed by atoms with Gasteiger partial charge in [-0.05, 0) is 12.1 Å². The Morgan fingerprint density at radius 2 is 2.17 bits per heavy atom. The molecule has 0 aliphatic rings. The number of hydrogen-bond donors (Lipinski definition) is 2. The van der Waals surface area contributed by atoms with Crippen molar-refractivity contribution in [2.24, 2.45) is 0 Å². The van der Waals surface area contributed by atoms with E-state index in [4.69, 9.17) is 5.11 Å². The molecule has 1 aromatic heterocycles. The van der Waals surface area contributed by atoms with Gasteiger partial charge in [0.2, 0.25) is 0 Å². The van der Waals surface area contributed by atoms with E-state index in [0.717, 1.165) is 10.6 Å². The number of rotatable bonds is 6. The van der Waals surface area contributed by atoms with Crippen molar-refractivity contribution in [2.75, 3.05) is 32.1 Å². The predicted molar refractivity (Wildman–Crippen MR) is 62.2 cm³/mol. The lowest BCUT2D eigenvalue weighted by Gasteiger charge is -2.22. The Bertz CT molecular complexity index is 371. The smallest absolute Gasteiger partial charge is 0.395 e. The van der Waals surface area contributed by atoms with Gasteiger partial charge in [-0.1, -0.05) is 0 Å². The first kappa shape index (κ1) is 14.7. The van der Waals surface area contributed by atoms with Crippen LogP contribution in [-0.4, -0.2) is 47.9 Å². The van der Waals surface area contributed by atoms with Gasteiger partial charge in [-0.25, -0.2) is 0 Å². The van der Waals surface area contributed by atoms with Crippen molar-refractivity contribution in [3.05, 3.63) is 24.0 Å². The summed E-state index contributed by atoms with van der Waals surface area (Å²) < 4.78 is 37.0. The number of hydrogen-bond acceptors (Lipinski definition) is 4. The molecule has 0 unspecified atom stereocenters. The summed E-state index contributed by atoms with van der Waals surface area (Å²) in [4.78, 5) is 5.12. The van der Waals surface area contributed by atoms with Crippen LogP contribution in [0.15, 0.2) is 18.3 Å². The standard InChI is InChI=1S/C11H16F3N3O/c1-15-9-2-3-16-10(6-9)7-17(4-5-18)8-11(12,13)14/h2-3,6,18H,4-5,7-8H2,1H3,(H,15,16). The van der Waals surface area contributed by atoms with Gasteiger partial charge in [-0.3, -0.25) is 9.88 Å². The fourth-order valence-electron chi connectivity index (χ4n) is 1.56. The van der Waals surface area contributed by atoms with E-state index in [2.05, 4.69) is 10.3 Å².